The molecule has 2 fully saturated rings. The summed E-state index contributed by atoms with van der Waals surface area (Å²) >= 11 is 0. The highest BCUT2D eigenvalue weighted by Gasteiger charge is 2.47. The molecule has 23 heavy (non-hydrogen) atoms. The number of fused-ring (bicyclic) bond motifs is 1. The van der Waals surface area contributed by atoms with Crippen molar-refractivity contribution in [3.63, 3.8) is 0 Å². The molecule has 0 aromatic rings. The van der Waals surface area contributed by atoms with Gasteiger partial charge in [0.2, 0.25) is 11.8 Å². The van der Waals surface area contributed by atoms with Crippen molar-refractivity contribution in [2.45, 2.75) is 52.0 Å². The fraction of sp³-hybridized carbons (Fsp3) is 0.750. The van der Waals surface area contributed by atoms with E-state index in [1.54, 1.807) is 0 Å². The van der Waals surface area contributed by atoms with E-state index < -0.39 is 5.97 Å². The first kappa shape index (κ1) is 17.4. The second-order valence-corrected chi connectivity index (χ2v) is 6.46. The Hall–Kier alpha value is -1.92. The van der Waals surface area contributed by atoms with Gasteiger partial charge in [0.25, 0.3) is 5.91 Å². The van der Waals surface area contributed by atoms with Crippen molar-refractivity contribution >= 4 is 23.7 Å². The number of hydrogen-bond acceptors (Lipinski definition) is 5. The van der Waals surface area contributed by atoms with Crippen LogP contribution in [-0.4, -0.2) is 47.8 Å². The number of likely N-dealkylation sites (tertiary alicyclic amines) is 1. The van der Waals surface area contributed by atoms with Crippen LogP contribution in [0.5, 0.6) is 0 Å². The highest BCUT2D eigenvalue weighted by atomic mass is 16.5. The van der Waals surface area contributed by atoms with E-state index >= 15 is 0 Å². The van der Waals surface area contributed by atoms with Crippen molar-refractivity contribution in [2.75, 3.05) is 13.2 Å². The zero-order chi connectivity index (χ0) is 17.0. The van der Waals surface area contributed by atoms with Gasteiger partial charge in [0.1, 0.15) is 0 Å². The number of imide groups is 1. The molecule has 7 heteroatoms. The van der Waals surface area contributed by atoms with Crippen molar-refractivity contribution in [1.29, 1.82) is 0 Å². The van der Waals surface area contributed by atoms with Gasteiger partial charge in [0, 0.05) is 12.6 Å². The summed E-state index contributed by atoms with van der Waals surface area (Å²) in [7, 11) is 0. The molecule has 0 aromatic carbocycles. The zero-order valence-corrected chi connectivity index (χ0v) is 13.7. The van der Waals surface area contributed by atoms with E-state index in [9.17, 15) is 19.2 Å². The average Bonchev–Trinajstić information content (AvgIpc) is 2.75. The van der Waals surface area contributed by atoms with E-state index in [-0.39, 0.29) is 55.2 Å². The van der Waals surface area contributed by atoms with Crippen LogP contribution in [0.4, 0.5) is 0 Å². The largest absolute Gasteiger partial charge is 0.456 e. The topological polar surface area (TPSA) is 92.8 Å². The number of amides is 3. The van der Waals surface area contributed by atoms with Crippen molar-refractivity contribution in [3.05, 3.63) is 0 Å². The van der Waals surface area contributed by atoms with Crippen LogP contribution in [0.15, 0.2) is 0 Å². The lowest BCUT2D eigenvalue weighted by molar-refractivity contribution is -0.150. The number of ether oxygens (including phenoxy) is 1. The monoisotopic (exact) mass is 324 g/mol. The smallest absolute Gasteiger partial charge is 0.308 e. The summed E-state index contributed by atoms with van der Waals surface area (Å²) in [6.07, 6.45) is 3.38. The maximum Gasteiger partial charge on any atom is 0.308 e. The number of rotatable bonds is 6. The molecule has 0 spiro atoms. The predicted octanol–water partition coefficient (Wildman–Crippen LogP) is 0.619. The SMILES string of the molecule is CC(C)NC(=O)COC(=O)CCN1C(=O)[C@H]2CCCC[C@H]2C1=O. The summed E-state index contributed by atoms with van der Waals surface area (Å²) in [4.78, 5) is 48.7. The lowest BCUT2D eigenvalue weighted by atomic mass is 9.81. The Morgan fingerprint density at radius 3 is 2.26 bits per heavy atom. The van der Waals surface area contributed by atoms with Crippen molar-refractivity contribution in [3.8, 4) is 0 Å². The number of esters is 1. The third-order valence-electron chi connectivity index (χ3n) is 4.29. The predicted molar refractivity (Wildman–Crippen MR) is 81.0 cm³/mol. The molecule has 1 heterocycles. The Labute approximate surface area is 135 Å². The Kier molecular flexibility index (Phi) is 5.74. The second-order valence-electron chi connectivity index (χ2n) is 6.46. The van der Waals surface area contributed by atoms with Gasteiger partial charge in [0.05, 0.1) is 18.3 Å². The molecule has 0 radical (unpaired) electrons. The van der Waals surface area contributed by atoms with Gasteiger partial charge in [0.15, 0.2) is 6.61 Å². The third-order valence-corrected chi connectivity index (χ3v) is 4.29. The van der Waals surface area contributed by atoms with Crippen molar-refractivity contribution < 1.29 is 23.9 Å². The third kappa shape index (κ3) is 4.30. The first-order chi connectivity index (χ1) is 10.9. The Morgan fingerprint density at radius 1 is 1.17 bits per heavy atom. The molecule has 2 aliphatic rings. The number of nitrogens with one attached hydrogen (secondary N) is 1. The van der Waals surface area contributed by atoms with Gasteiger partial charge >= 0.3 is 5.97 Å². The fourth-order valence-corrected chi connectivity index (χ4v) is 3.24. The summed E-state index contributed by atoms with van der Waals surface area (Å²) in [5, 5.41) is 2.61. The van der Waals surface area contributed by atoms with E-state index in [1.807, 2.05) is 13.8 Å². The molecular formula is C16H24N2O5. The minimum atomic E-state index is -0.584. The minimum absolute atomic E-state index is 0.0237. The van der Waals surface area contributed by atoms with E-state index in [0.717, 1.165) is 25.7 Å². The summed E-state index contributed by atoms with van der Waals surface area (Å²) in [5.74, 6) is -1.68. The Balaban J connectivity index is 1.77. The van der Waals surface area contributed by atoms with Crippen LogP contribution in [0, 0.1) is 11.8 Å². The molecule has 2 atom stereocenters. The molecular weight excluding hydrogens is 300 g/mol. The highest BCUT2D eigenvalue weighted by molar-refractivity contribution is 6.05. The maximum atomic E-state index is 12.2. The van der Waals surface area contributed by atoms with Gasteiger partial charge in [-0.05, 0) is 26.7 Å². The van der Waals surface area contributed by atoms with Gasteiger partial charge < -0.3 is 10.1 Å². The average molecular weight is 324 g/mol. The quantitative estimate of drug-likeness (QED) is 0.571. The molecule has 0 bridgehead atoms. The molecule has 3 amide bonds. The lowest BCUT2D eigenvalue weighted by Gasteiger charge is -2.19. The number of carbonyl (C=O) groups excluding carboxylic acids is 4. The normalized spacial score (nSPS) is 23.9. The molecule has 0 aromatic heterocycles. The van der Waals surface area contributed by atoms with Gasteiger partial charge in [-0.3, -0.25) is 24.1 Å². The maximum absolute atomic E-state index is 12.2. The van der Waals surface area contributed by atoms with Crippen molar-refractivity contribution in [2.24, 2.45) is 11.8 Å². The molecule has 7 nitrogen and oxygen atoms in total. The summed E-state index contributed by atoms with van der Waals surface area (Å²) in [6, 6.07) is -0.0237. The molecule has 1 aliphatic carbocycles. The van der Waals surface area contributed by atoms with E-state index in [0.29, 0.717) is 0 Å². The van der Waals surface area contributed by atoms with Gasteiger partial charge in [-0.15, -0.1) is 0 Å². The number of nitrogens with zero attached hydrogens (tertiary/aromatic N) is 1. The Bertz CT molecular complexity index is 479. The molecule has 1 saturated carbocycles. The van der Waals surface area contributed by atoms with E-state index in [4.69, 9.17) is 4.74 Å². The standard InChI is InChI=1S/C16H24N2O5/c1-10(2)17-13(19)9-23-14(20)7-8-18-15(21)11-5-3-4-6-12(11)16(18)22/h10-12H,3-9H2,1-2H3,(H,17,19)/t11-,12+. The second kappa shape index (κ2) is 7.57. The van der Waals surface area contributed by atoms with Crippen LogP contribution in [0.2, 0.25) is 0 Å². The molecule has 1 aliphatic heterocycles. The first-order valence-electron chi connectivity index (χ1n) is 8.20. The molecule has 1 saturated heterocycles. The van der Waals surface area contributed by atoms with Gasteiger partial charge in [-0.25, -0.2) is 0 Å². The van der Waals surface area contributed by atoms with Crippen LogP contribution in [0.1, 0.15) is 46.0 Å². The van der Waals surface area contributed by atoms with Gasteiger partial charge in [-0.2, -0.15) is 0 Å². The molecule has 0 unspecified atom stereocenters. The Morgan fingerprint density at radius 2 is 1.74 bits per heavy atom. The van der Waals surface area contributed by atoms with Crippen LogP contribution < -0.4 is 5.32 Å². The summed E-state index contributed by atoms with van der Waals surface area (Å²) < 4.78 is 4.85. The van der Waals surface area contributed by atoms with Gasteiger partial charge in [-0.1, -0.05) is 12.8 Å². The first-order valence-corrected chi connectivity index (χ1v) is 8.20. The van der Waals surface area contributed by atoms with Crippen molar-refractivity contribution in [1.82, 2.24) is 10.2 Å². The highest BCUT2D eigenvalue weighted by Crippen LogP contribution is 2.37. The molecule has 1 N–H and O–H groups in total. The number of hydrogen-bond donors (Lipinski definition) is 1. The number of carbonyl (C=O) groups is 4. The fourth-order valence-electron chi connectivity index (χ4n) is 3.24. The summed E-state index contributed by atoms with van der Waals surface area (Å²) in [5.41, 5.74) is 0. The molecule has 2 rings (SSSR count). The minimum Gasteiger partial charge on any atom is -0.456 e. The van der Waals surface area contributed by atoms with E-state index in [2.05, 4.69) is 5.32 Å². The zero-order valence-electron chi connectivity index (χ0n) is 13.7. The van der Waals surface area contributed by atoms with Crippen LogP contribution in [0.25, 0.3) is 0 Å². The summed E-state index contributed by atoms with van der Waals surface area (Å²) in [6.45, 7) is 3.31. The van der Waals surface area contributed by atoms with Crippen LogP contribution in [-0.2, 0) is 23.9 Å². The lowest BCUT2D eigenvalue weighted by Crippen LogP contribution is -2.35. The van der Waals surface area contributed by atoms with Crippen LogP contribution >= 0.6 is 0 Å². The molecule has 128 valence electrons. The van der Waals surface area contributed by atoms with E-state index in [1.165, 1.54) is 4.90 Å². The van der Waals surface area contributed by atoms with Crippen LogP contribution in [0.3, 0.4) is 0 Å².